The molecule has 1 unspecified atom stereocenters. The van der Waals surface area contributed by atoms with Crippen molar-refractivity contribution in [1.82, 2.24) is 10.2 Å². The molecule has 1 N–H and O–H groups in total. The van der Waals surface area contributed by atoms with Crippen LogP contribution in [0.15, 0.2) is 41.6 Å². The lowest BCUT2D eigenvalue weighted by molar-refractivity contribution is -0.355. The van der Waals surface area contributed by atoms with Crippen LogP contribution in [0, 0.1) is 6.92 Å². The molecule has 1 aromatic carbocycles. The highest BCUT2D eigenvalue weighted by molar-refractivity contribution is 6.01. The van der Waals surface area contributed by atoms with Gasteiger partial charge in [-0.1, -0.05) is 29.4 Å². The van der Waals surface area contributed by atoms with E-state index >= 15 is 0 Å². The van der Waals surface area contributed by atoms with Gasteiger partial charge in [0.25, 0.3) is 0 Å². The van der Waals surface area contributed by atoms with Crippen LogP contribution < -0.4 is 0 Å². The van der Waals surface area contributed by atoms with Gasteiger partial charge in [0, 0.05) is 5.56 Å². The Labute approximate surface area is 129 Å². The van der Waals surface area contributed by atoms with E-state index < -0.39 is 18.4 Å². The van der Waals surface area contributed by atoms with Crippen molar-refractivity contribution in [2.45, 2.75) is 25.3 Å². The fourth-order valence-electron chi connectivity index (χ4n) is 2.12. The van der Waals surface area contributed by atoms with E-state index in [1.54, 1.807) is 30.3 Å². The van der Waals surface area contributed by atoms with Gasteiger partial charge >= 0.3 is 12.0 Å². The predicted octanol–water partition coefficient (Wildman–Crippen LogP) is 2.83. The number of rotatable bonds is 2. The summed E-state index contributed by atoms with van der Waals surface area (Å²) < 4.78 is 38.1. The highest BCUT2D eigenvalue weighted by atomic mass is 19.4. The first-order valence-electron chi connectivity index (χ1n) is 6.74. The second-order valence-corrected chi connectivity index (χ2v) is 5.23. The molecule has 0 saturated heterocycles. The Morgan fingerprint density at radius 1 is 1.04 bits per heavy atom. The number of aliphatic hydroxyl groups is 1. The molecule has 120 valence electrons. The van der Waals surface area contributed by atoms with Crippen LogP contribution in [0.2, 0.25) is 0 Å². The monoisotopic (exact) mass is 323 g/mol. The topological polar surface area (TPSA) is 67.6 Å². The van der Waals surface area contributed by atoms with Gasteiger partial charge in [0.15, 0.2) is 0 Å². The van der Waals surface area contributed by atoms with Crippen molar-refractivity contribution in [3.8, 4) is 11.3 Å². The fraction of sp³-hybridized carbons (Fsp3) is 0.267. The lowest BCUT2D eigenvalue weighted by atomic mass is 10.0. The van der Waals surface area contributed by atoms with Crippen molar-refractivity contribution >= 4 is 5.71 Å². The van der Waals surface area contributed by atoms with Gasteiger partial charge < -0.3 is 9.94 Å². The Morgan fingerprint density at radius 2 is 1.70 bits per heavy atom. The average molecular weight is 323 g/mol. The van der Waals surface area contributed by atoms with Gasteiger partial charge in [-0.05, 0) is 24.6 Å². The molecule has 2 aromatic rings. The summed E-state index contributed by atoms with van der Waals surface area (Å²) in [5, 5.41) is 20.8. The Hall–Kier alpha value is -2.48. The number of alkyl halides is 3. The molecule has 5 nitrogen and oxygen atoms in total. The maximum absolute atomic E-state index is 12.7. The number of oxime groups is 1. The Balaban J connectivity index is 1.80. The van der Waals surface area contributed by atoms with Crippen molar-refractivity contribution in [1.29, 1.82) is 0 Å². The minimum atomic E-state index is -4.91. The SMILES string of the molecule is Cc1ccc(-c2ccc(C3=NOC(O)(C(F)(F)F)C3)cc2)nn1. The number of hydrogen-bond acceptors (Lipinski definition) is 5. The summed E-state index contributed by atoms with van der Waals surface area (Å²) in [6.07, 6.45) is -5.66. The summed E-state index contributed by atoms with van der Waals surface area (Å²) in [4.78, 5) is 4.20. The first-order valence-corrected chi connectivity index (χ1v) is 6.74. The number of hydrogen-bond donors (Lipinski definition) is 1. The summed E-state index contributed by atoms with van der Waals surface area (Å²) >= 11 is 0. The molecule has 0 saturated carbocycles. The lowest BCUT2D eigenvalue weighted by Gasteiger charge is -2.22. The maximum Gasteiger partial charge on any atom is 0.458 e. The van der Waals surface area contributed by atoms with Crippen LogP contribution in [0.1, 0.15) is 17.7 Å². The molecule has 23 heavy (non-hydrogen) atoms. The quantitative estimate of drug-likeness (QED) is 0.923. The van der Waals surface area contributed by atoms with Gasteiger partial charge in [-0.2, -0.15) is 23.4 Å². The van der Waals surface area contributed by atoms with Crippen molar-refractivity contribution in [3.05, 3.63) is 47.7 Å². The molecular formula is C15H12F3N3O2. The molecule has 2 heterocycles. The molecule has 0 fully saturated rings. The highest BCUT2D eigenvalue weighted by Gasteiger charge is 2.60. The largest absolute Gasteiger partial charge is 0.458 e. The van der Waals surface area contributed by atoms with E-state index in [0.717, 1.165) is 11.3 Å². The van der Waals surface area contributed by atoms with Gasteiger partial charge in [0.2, 0.25) is 0 Å². The third-order valence-electron chi connectivity index (χ3n) is 3.47. The molecule has 3 rings (SSSR count). The van der Waals surface area contributed by atoms with Gasteiger partial charge in [-0.15, -0.1) is 0 Å². The highest BCUT2D eigenvalue weighted by Crippen LogP contribution is 2.39. The molecule has 1 atom stereocenters. The minimum Gasteiger partial charge on any atom is -0.350 e. The van der Waals surface area contributed by atoms with Crippen molar-refractivity contribution in [2.24, 2.45) is 5.16 Å². The van der Waals surface area contributed by atoms with Gasteiger partial charge in [-0.3, -0.25) is 0 Å². The van der Waals surface area contributed by atoms with E-state index in [0.29, 0.717) is 11.3 Å². The van der Waals surface area contributed by atoms with Crippen LogP contribution in [0.25, 0.3) is 11.3 Å². The van der Waals surface area contributed by atoms with Crippen LogP contribution in [0.3, 0.4) is 0 Å². The van der Waals surface area contributed by atoms with Crippen LogP contribution in [0.5, 0.6) is 0 Å². The van der Waals surface area contributed by atoms with Crippen molar-refractivity contribution in [3.63, 3.8) is 0 Å². The zero-order chi connectivity index (χ0) is 16.7. The van der Waals surface area contributed by atoms with Crippen molar-refractivity contribution in [2.75, 3.05) is 0 Å². The molecule has 1 aliphatic heterocycles. The molecule has 0 spiro atoms. The summed E-state index contributed by atoms with van der Waals surface area (Å²) in [6, 6.07) is 10.2. The molecule has 0 bridgehead atoms. The zero-order valence-electron chi connectivity index (χ0n) is 12.0. The molecule has 0 aliphatic carbocycles. The molecule has 8 heteroatoms. The third kappa shape index (κ3) is 2.89. The molecule has 1 aliphatic rings. The van der Waals surface area contributed by atoms with Crippen LogP contribution in [-0.2, 0) is 4.84 Å². The van der Waals surface area contributed by atoms with Crippen LogP contribution in [0.4, 0.5) is 13.2 Å². The Bertz CT molecular complexity index is 742. The number of aromatic nitrogens is 2. The van der Waals surface area contributed by atoms with Gasteiger partial charge in [-0.25, -0.2) is 0 Å². The molecule has 0 radical (unpaired) electrons. The van der Waals surface area contributed by atoms with E-state index in [1.165, 1.54) is 0 Å². The Kier molecular flexibility index (Phi) is 3.56. The van der Waals surface area contributed by atoms with Gasteiger partial charge in [0.05, 0.1) is 23.5 Å². The normalized spacial score (nSPS) is 21.0. The minimum absolute atomic E-state index is 0.0337. The predicted molar refractivity (Wildman–Crippen MR) is 75.4 cm³/mol. The number of benzene rings is 1. The fourth-order valence-corrected chi connectivity index (χ4v) is 2.12. The third-order valence-corrected chi connectivity index (χ3v) is 3.47. The first kappa shape index (κ1) is 15.4. The lowest BCUT2D eigenvalue weighted by Crippen LogP contribution is -2.45. The van der Waals surface area contributed by atoms with E-state index in [2.05, 4.69) is 20.2 Å². The van der Waals surface area contributed by atoms with E-state index in [4.69, 9.17) is 0 Å². The van der Waals surface area contributed by atoms with E-state index in [-0.39, 0.29) is 5.71 Å². The van der Waals surface area contributed by atoms with Crippen LogP contribution >= 0.6 is 0 Å². The summed E-state index contributed by atoms with van der Waals surface area (Å²) in [5.74, 6) is -3.26. The van der Waals surface area contributed by atoms with Gasteiger partial charge in [0.1, 0.15) is 0 Å². The van der Waals surface area contributed by atoms with E-state index in [9.17, 15) is 18.3 Å². The standard InChI is InChI=1S/C15H12F3N3O2/c1-9-2-7-12(20-19-9)10-3-5-11(6-4-10)13-8-14(22,23-21-13)15(16,17)18/h2-7,22H,8H2,1H3. The average Bonchev–Trinajstić information content (AvgIpc) is 2.92. The molecule has 1 aromatic heterocycles. The maximum atomic E-state index is 12.7. The number of nitrogens with zero attached hydrogens (tertiary/aromatic N) is 3. The molecule has 0 amide bonds. The Morgan fingerprint density at radius 3 is 2.22 bits per heavy atom. The first-order chi connectivity index (χ1) is 10.8. The second kappa shape index (κ2) is 5.31. The number of halogens is 3. The smallest absolute Gasteiger partial charge is 0.350 e. The summed E-state index contributed by atoms with van der Waals surface area (Å²) in [6.45, 7) is 1.82. The van der Waals surface area contributed by atoms with E-state index in [1.807, 2.05) is 13.0 Å². The summed E-state index contributed by atoms with van der Waals surface area (Å²) in [7, 11) is 0. The number of aryl methyl sites for hydroxylation is 1. The summed E-state index contributed by atoms with van der Waals surface area (Å²) in [5.41, 5.74) is 2.68. The van der Waals surface area contributed by atoms with Crippen LogP contribution in [-0.4, -0.2) is 33.0 Å². The zero-order valence-corrected chi connectivity index (χ0v) is 12.0. The molecular weight excluding hydrogens is 311 g/mol. The van der Waals surface area contributed by atoms with Crippen molar-refractivity contribution < 1.29 is 23.1 Å². The second-order valence-electron chi connectivity index (χ2n) is 5.23.